The summed E-state index contributed by atoms with van der Waals surface area (Å²) in [6.07, 6.45) is 2.10. The summed E-state index contributed by atoms with van der Waals surface area (Å²) in [5.74, 6) is 0.560. The molecule has 1 heterocycles. The molecule has 0 aliphatic heterocycles. The molecule has 5 nitrogen and oxygen atoms in total. The minimum atomic E-state index is 0.153. The Hall–Kier alpha value is -1.23. The summed E-state index contributed by atoms with van der Waals surface area (Å²) < 4.78 is 0. The van der Waals surface area contributed by atoms with Crippen molar-refractivity contribution in [3.63, 3.8) is 0 Å². The van der Waals surface area contributed by atoms with E-state index in [1.165, 1.54) is 0 Å². The molecule has 0 fully saturated rings. The highest BCUT2D eigenvalue weighted by atomic mass is 15.2. The fraction of sp³-hybridized carbons (Fsp3) is 0.700. The fourth-order valence-electron chi connectivity index (χ4n) is 1.23. The van der Waals surface area contributed by atoms with E-state index in [0.29, 0.717) is 12.5 Å². The van der Waals surface area contributed by atoms with Crippen LogP contribution in [0.25, 0.3) is 0 Å². The van der Waals surface area contributed by atoms with E-state index in [0.717, 1.165) is 24.2 Å². The monoisotopic (exact) mass is 209 g/mol. The second-order valence-electron chi connectivity index (χ2n) is 3.74. The van der Waals surface area contributed by atoms with Crippen molar-refractivity contribution in [1.82, 2.24) is 15.2 Å². The summed E-state index contributed by atoms with van der Waals surface area (Å²) >= 11 is 0. The number of aromatic nitrogens is 3. The Balaban J connectivity index is 2.47. The predicted molar refractivity (Wildman–Crippen MR) is 60.7 cm³/mol. The van der Waals surface area contributed by atoms with E-state index in [1.807, 2.05) is 13.8 Å². The molecule has 0 aliphatic carbocycles. The van der Waals surface area contributed by atoms with Crippen molar-refractivity contribution < 1.29 is 0 Å². The molecule has 1 aromatic heterocycles. The number of hydrogen-bond donors (Lipinski definition) is 2. The van der Waals surface area contributed by atoms with Gasteiger partial charge in [0.05, 0.1) is 11.4 Å². The van der Waals surface area contributed by atoms with Crippen LogP contribution < -0.4 is 11.1 Å². The van der Waals surface area contributed by atoms with Crippen LogP contribution in [0.3, 0.4) is 0 Å². The van der Waals surface area contributed by atoms with Crippen molar-refractivity contribution in [1.29, 1.82) is 0 Å². The first-order valence-electron chi connectivity index (χ1n) is 5.30. The van der Waals surface area contributed by atoms with Crippen LogP contribution in [0.2, 0.25) is 0 Å². The van der Waals surface area contributed by atoms with Crippen molar-refractivity contribution in [2.75, 3.05) is 11.9 Å². The standard InChI is InChI=1S/C10H19N5/c1-4-5-9(11)6-12-10-13-7(2)8(3)14-15-10/h9H,4-6,11H2,1-3H3,(H,12,13,15). The highest BCUT2D eigenvalue weighted by Gasteiger charge is 2.04. The molecule has 0 aliphatic rings. The molecule has 0 aromatic carbocycles. The van der Waals surface area contributed by atoms with Gasteiger partial charge in [0.25, 0.3) is 0 Å². The number of aryl methyl sites for hydroxylation is 2. The first kappa shape index (κ1) is 11.8. The SMILES string of the molecule is CCCC(N)CNc1nnc(C)c(C)n1. The van der Waals surface area contributed by atoms with Crippen molar-refractivity contribution in [2.24, 2.45) is 5.73 Å². The van der Waals surface area contributed by atoms with E-state index in [9.17, 15) is 0 Å². The summed E-state index contributed by atoms with van der Waals surface area (Å²) in [5.41, 5.74) is 7.62. The lowest BCUT2D eigenvalue weighted by atomic mass is 10.2. The van der Waals surface area contributed by atoms with Gasteiger partial charge in [-0.25, -0.2) is 4.98 Å². The van der Waals surface area contributed by atoms with E-state index >= 15 is 0 Å². The lowest BCUT2D eigenvalue weighted by molar-refractivity contribution is 0.623. The lowest BCUT2D eigenvalue weighted by Gasteiger charge is -2.11. The van der Waals surface area contributed by atoms with E-state index in [1.54, 1.807) is 0 Å². The summed E-state index contributed by atoms with van der Waals surface area (Å²) in [4.78, 5) is 4.26. The maximum absolute atomic E-state index is 5.86. The van der Waals surface area contributed by atoms with Gasteiger partial charge in [-0.3, -0.25) is 0 Å². The number of anilines is 1. The summed E-state index contributed by atoms with van der Waals surface area (Å²) in [6.45, 7) is 6.62. The zero-order valence-electron chi connectivity index (χ0n) is 9.62. The molecule has 0 saturated carbocycles. The van der Waals surface area contributed by atoms with E-state index < -0.39 is 0 Å². The van der Waals surface area contributed by atoms with Crippen LogP contribution >= 0.6 is 0 Å². The molecular formula is C10H19N5. The van der Waals surface area contributed by atoms with Crippen LogP contribution in [-0.4, -0.2) is 27.8 Å². The van der Waals surface area contributed by atoms with Crippen LogP contribution in [0.1, 0.15) is 31.2 Å². The highest BCUT2D eigenvalue weighted by molar-refractivity contribution is 5.24. The van der Waals surface area contributed by atoms with Gasteiger partial charge >= 0.3 is 0 Å². The van der Waals surface area contributed by atoms with Gasteiger partial charge in [-0.2, -0.15) is 5.10 Å². The second kappa shape index (κ2) is 5.60. The van der Waals surface area contributed by atoms with E-state index in [2.05, 4.69) is 27.4 Å². The molecule has 1 rings (SSSR count). The summed E-state index contributed by atoms with van der Waals surface area (Å²) in [6, 6.07) is 0.153. The van der Waals surface area contributed by atoms with Crippen molar-refractivity contribution in [3.05, 3.63) is 11.4 Å². The quantitative estimate of drug-likeness (QED) is 0.757. The fourth-order valence-corrected chi connectivity index (χ4v) is 1.23. The molecular weight excluding hydrogens is 190 g/mol. The Morgan fingerprint density at radius 1 is 1.27 bits per heavy atom. The molecule has 15 heavy (non-hydrogen) atoms. The molecule has 3 N–H and O–H groups in total. The van der Waals surface area contributed by atoms with Gasteiger partial charge < -0.3 is 11.1 Å². The molecule has 84 valence electrons. The summed E-state index contributed by atoms with van der Waals surface area (Å²) in [5, 5.41) is 11.0. The molecule has 0 radical (unpaired) electrons. The Kier molecular flexibility index (Phi) is 4.42. The van der Waals surface area contributed by atoms with E-state index in [4.69, 9.17) is 5.73 Å². The average molecular weight is 209 g/mol. The molecule has 1 aromatic rings. The predicted octanol–water partition coefficient (Wildman–Crippen LogP) is 1.03. The number of hydrogen-bond acceptors (Lipinski definition) is 5. The van der Waals surface area contributed by atoms with Gasteiger partial charge in [-0.15, -0.1) is 5.10 Å². The number of nitrogens with two attached hydrogens (primary N) is 1. The van der Waals surface area contributed by atoms with E-state index in [-0.39, 0.29) is 6.04 Å². The molecule has 0 spiro atoms. The van der Waals surface area contributed by atoms with Gasteiger partial charge in [-0.1, -0.05) is 13.3 Å². The van der Waals surface area contributed by atoms with Crippen LogP contribution in [0.4, 0.5) is 5.95 Å². The first-order chi connectivity index (χ1) is 7.13. The van der Waals surface area contributed by atoms with Crippen LogP contribution in [0, 0.1) is 13.8 Å². The largest absolute Gasteiger partial charge is 0.351 e. The Morgan fingerprint density at radius 3 is 2.60 bits per heavy atom. The van der Waals surface area contributed by atoms with Crippen LogP contribution in [0.15, 0.2) is 0 Å². The Morgan fingerprint density at radius 2 is 2.00 bits per heavy atom. The van der Waals surface area contributed by atoms with Crippen LogP contribution in [-0.2, 0) is 0 Å². The minimum absolute atomic E-state index is 0.153. The second-order valence-corrected chi connectivity index (χ2v) is 3.74. The lowest BCUT2D eigenvalue weighted by Crippen LogP contribution is -2.29. The first-order valence-corrected chi connectivity index (χ1v) is 5.30. The average Bonchev–Trinajstić information content (AvgIpc) is 2.20. The Labute approximate surface area is 90.5 Å². The van der Waals surface area contributed by atoms with Gasteiger partial charge in [0.1, 0.15) is 0 Å². The van der Waals surface area contributed by atoms with Crippen molar-refractivity contribution in [3.8, 4) is 0 Å². The van der Waals surface area contributed by atoms with Gasteiger partial charge in [0.2, 0.25) is 5.95 Å². The maximum atomic E-state index is 5.86. The van der Waals surface area contributed by atoms with Gasteiger partial charge in [-0.05, 0) is 20.3 Å². The zero-order chi connectivity index (χ0) is 11.3. The molecule has 0 amide bonds. The normalized spacial score (nSPS) is 12.5. The third-order valence-corrected chi connectivity index (χ3v) is 2.27. The molecule has 0 bridgehead atoms. The van der Waals surface area contributed by atoms with Crippen molar-refractivity contribution in [2.45, 2.75) is 39.7 Å². The molecule has 5 heteroatoms. The maximum Gasteiger partial charge on any atom is 0.243 e. The third kappa shape index (κ3) is 3.79. The highest BCUT2D eigenvalue weighted by Crippen LogP contribution is 2.02. The minimum Gasteiger partial charge on any atom is -0.351 e. The Bertz CT molecular complexity index is 313. The van der Waals surface area contributed by atoms with Crippen LogP contribution in [0.5, 0.6) is 0 Å². The number of rotatable bonds is 5. The third-order valence-electron chi connectivity index (χ3n) is 2.27. The smallest absolute Gasteiger partial charge is 0.243 e. The van der Waals surface area contributed by atoms with Gasteiger partial charge in [0.15, 0.2) is 0 Å². The molecule has 1 unspecified atom stereocenters. The molecule has 0 saturated heterocycles. The van der Waals surface area contributed by atoms with Gasteiger partial charge in [0, 0.05) is 12.6 Å². The van der Waals surface area contributed by atoms with Crippen molar-refractivity contribution >= 4 is 5.95 Å². The summed E-state index contributed by atoms with van der Waals surface area (Å²) in [7, 11) is 0. The number of nitrogens with zero attached hydrogens (tertiary/aromatic N) is 3. The topological polar surface area (TPSA) is 76.7 Å². The molecule has 1 atom stereocenters. The zero-order valence-corrected chi connectivity index (χ0v) is 9.62. The number of nitrogens with one attached hydrogen (secondary N) is 1.